The highest BCUT2D eigenvalue weighted by atomic mass is 16.4. The van der Waals surface area contributed by atoms with Crippen molar-refractivity contribution in [2.24, 2.45) is 5.41 Å². The van der Waals surface area contributed by atoms with E-state index < -0.39 is 11.4 Å². The summed E-state index contributed by atoms with van der Waals surface area (Å²) in [5.74, 6) is -1.64. The van der Waals surface area contributed by atoms with Crippen LogP contribution in [0.4, 0.5) is 5.69 Å². The fourth-order valence-electron chi connectivity index (χ4n) is 1.62. The largest absolute Gasteiger partial charge is 0.477 e. The van der Waals surface area contributed by atoms with Crippen molar-refractivity contribution in [3.05, 3.63) is 17.5 Å². The van der Waals surface area contributed by atoms with E-state index in [1.807, 2.05) is 0 Å². The molecule has 1 heterocycles. The molecule has 0 radical (unpaired) electrons. The lowest BCUT2D eigenvalue weighted by Crippen LogP contribution is -2.36. The van der Waals surface area contributed by atoms with Crippen molar-refractivity contribution in [1.82, 2.24) is 10.3 Å². The van der Waals surface area contributed by atoms with E-state index in [2.05, 4.69) is 15.6 Å². The molecule has 4 N–H and O–H groups in total. The topological polar surface area (TPSA) is 111 Å². The van der Waals surface area contributed by atoms with Crippen molar-refractivity contribution in [3.8, 4) is 0 Å². The van der Waals surface area contributed by atoms with Crippen LogP contribution >= 0.6 is 0 Å². The number of carboxylic acid groups (broad SMARTS) is 1. The SMILES string of the molecule is Cc1cc(NC(=O)CCNC(=O)C(C)(C)C)c(C(=O)O)[nH]1. The molecule has 0 aromatic carbocycles. The quantitative estimate of drug-likeness (QED) is 0.659. The first kappa shape index (κ1) is 16.7. The first-order chi connectivity index (χ1) is 9.61. The Morgan fingerprint density at radius 2 is 1.90 bits per heavy atom. The Balaban J connectivity index is 2.52. The highest BCUT2D eigenvalue weighted by molar-refractivity contribution is 5.99. The molecule has 0 aliphatic carbocycles. The van der Waals surface area contributed by atoms with Gasteiger partial charge in [-0.3, -0.25) is 9.59 Å². The Morgan fingerprint density at radius 3 is 2.43 bits per heavy atom. The number of aromatic amines is 1. The number of carboxylic acids is 1. The molecule has 0 saturated heterocycles. The number of amides is 2. The number of aryl methyl sites for hydroxylation is 1. The van der Waals surface area contributed by atoms with Gasteiger partial charge in [0.2, 0.25) is 11.8 Å². The maximum absolute atomic E-state index is 11.8. The lowest BCUT2D eigenvalue weighted by atomic mass is 9.96. The van der Waals surface area contributed by atoms with Crippen LogP contribution in [0.3, 0.4) is 0 Å². The predicted molar refractivity (Wildman–Crippen MR) is 78.2 cm³/mol. The fraction of sp³-hybridized carbons (Fsp3) is 0.500. The molecule has 2 amide bonds. The van der Waals surface area contributed by atoms with Gasteiger partial charge in [0.15, 0.2) is 0 Å². The molecule has 1 aromatic heterocycles. The van der Waals surface area contributed by atoms with E-state index in [1.165, 1.54) is 0 Å². The van der Waals surface area contributed by atoms with Crippen molar-refractivity contribution in [2.45, 2.75) is 34.1 Å². The van der Waals surface area contributed by atoms with Gasteiger partial charge in [0, 0.05) is 24.1 Å². The number of carbonyl (C=O) groups is 3. The number of anilines is 1. The van der Waals surface area contributed by atoms with Gasteiger partial charge in [-0.05, 0) is 13.0 Å². The van der Waals surface area contributed by atoms with Gasteiger partial charge in [0.05, 0.1) is 5.69 Å². The highest BCUT2D eigenvalue weighted by Crippen LogP contribution is 2.17. The van der Waals surface area contributed by atoms with Crippen LogP contribution in [0.1, 0.15) is 43.4 Å². The maximum Gasteiger partial charge on any atom is 0.354 e. The van der Waals surface area contributed by atoms with Gasteiger partial charge in [0.25, 0.3) is 0 Å². The molecular formula is C14H21N3O4. The zero-order chi connectivity index (χ0) is 16.2. The number of carbonyl (C=O) groups excluding carboxylic acids is 2. The summed E-state index contributed by atoms with van der Waals surface area (Å²) in [4.78, 5) is 37.0. The molecular weight excluding hydrogens is 274 g/mol. The molecule has 1 aromatic rings. The summed E-state index contributed by atoms with van der Waals surface area (Å²) < 4.78 is 0. The Morgan fingerprint density at radius 1 is 1.29 bits per heavy atom. The van der Waals surface area contributed by atoms with Crippen molar-refractivity contribution in [1.29, 1.82) is 0 Å². The normalized spacial score (nSPS) is 11.0. The predicted octanol–water partition coefficient (Wildman–Crippen LogP) is 1.51. The minimum Gasteiger partial charge on any atom is -0.477 e. The van der Waals surface area contributed by atoms with Crippen LogP contribution in [0.2, 0.25) is 0 Å². The number of aromatic nitrogens is 1. The van der Waals surface area contributed by atoms with Gasteiger partial charge in [0.1, 0.15) is 5.69 Å². The Bertz CT molecular complexity index is 555. The molecule has 116 valence electrons. The van der Waals surface area contributed by atoms with E-state index in [0.29, 0.717) is 5.69 Å². The molecule has 0 bridgehead atoms. The smallest absolute Gasteiger partial charge is 0.354 e. The van der Waals surface area contributed by atoms with Crippen molar-refractivity contribution in [2.75, 3.05) is 11.9 Å². The molecule has 1 rings (SSSR count). The number of hydrogen-bond acceptors (Lipinski definition) is 3. The molecule has 0 spiro atoms. The zero-order valence-corrected chi connectivity index (χ0v) is 12.7. The fourth-order valence-corrected chi connectivity index (χ4v) is 1.62. The van der Waals surface area contributed by atoms with Crippen LogP contribution in [-0.2, 0) is 9.59 Å². The second kappa shape index (κ2) is 6.43. The molecule has 7 nitrogen and oxygen atoms in total. The molecule has 21 heavy (non-hydrogen) atoms. The minimum absolute atomic E-state index is 0.0559. The lowest BCUT2D eigenvalue weighted by molar-refractivity contribution is -0.128. The van der Waals surface area contributed by atoms with Gasteiger partial charge in [-0.2, -0.15) is 0 Å². The van der Waals surface area contributed by atoms with Gasteiger partial charge >= 0.3 is 5.97 Å². The zero-order valence-electron chi connectivity index (χ0n) is 12.7. The van der Waals surface area contributed by atoms with Crippen LogP contribution in [-0.4, -0.2) is 34.4 Å². The maximum atomic E-state index is 11.8. The first-order valence-electron chi connectivity index (χ1n) is 6.62. The van der Waals surface area contributed by atoms with E-state index >= 15 is 0 Å². The van der Waals surface area contributed by atoms with Crippen molar-refractivity contribution >= 4 is 23.5 Å². The van der Waals surface area contributed by atoms with E-state index in [0.717, 1.165) is 0 Å². The summed E-state index contributed by atoms with van der Waals surface area (Å²) in [5, 5.41) is 14.2. The number of hydrogen-bond donors (Lipinski definition) is 4. The van der Waals surface area contributed by atoms with Crippen LogP contribution in [0.15, 0.2) is 6.07 Å². The highest BCUT2D eigenvalue weighted by Gasteiger charge is 2.21. The van der Waals surface area contributed by atoms with E-state index in [4.69, 9.17) is 5.11 Å². The number of H-pyrrole nitrogens is 1. The second-order valence-corrected chi connectivity index (χ2v) is 5.85. The van der Waals surface area contributed by atoms with Crippen LogP contribution < -0.4 is 10.6 Å². The Kier molecular flexibility index (Phi) is 5.12. The van der Waals surface area contributed by atoms with Gasteiger partial charge < -0.3 is 20.7 Å². The van der Waals surface area contributed by atoms with E-state index in [-0.39, 0.29) is 36.2 Å². The standard InChI is InChI=1S/C14H21N3O4/c1-8-7-9(11(16-8)12(19)20)17-10(18)5-6-15-13(21)14(2,3)4/h7,16H,5-6H2,1-4H3,(H,15,21)(H,17,18)(H,19,20). The third-order valence-corrected chi connectivity index (χ3v) is 2.76. The van der Waals surface area contributed by atoms with Crippen molar-refractivity contribution in [3.63, 3.8) is 0 Å². The van der Waals surface area contributed by atoms with Crippen molar-refractivity contribution < 1.29 is 19.5 Å². The summed E-state index contributed by atoms with van der Waals surface area (Å²) >= 11 is 0. The summed E-state index contributed by atoms with van der Waals surface area (Å²) in [6.07, 6.45) is 0.0745. The number of aromatic carboxylic acids is 1. The average molecular weight is 295 g/mol. The van der Waals surface area contributed by atoms with Gasteiger partial charge in [-0.1, -0.05) is 20.8 Å². The summed E-state index contributed by atoms with van der Waals surface area (Å²) in [5.41, 5.74) is 0.306. The summed E-state index contributed by atoms with van der Waals surface area (Å²) in [6, 6.07) is 1.55. The molecule has 0 unspecified atom stereocenters. The molecule has 0 fully saturated rings. The monoisotopic (exact) mass is 295 g/mol. The van der Waals surface area contributed by atoms with Gasteiger partial charge in [-0.25, -0.2) is 4.79 Å². The number of rotatable bonds is 5. The Labute approximate surface area is 123 Å². The van der Waals surface area contributed by atoms with Gasteiger partial charge in [-0.15, -0.1) is 0 Å². The van der Waals surface area contributed by atoms with Crippen LogP contribution in [0, 0.1) is 12.3 Å². The first-order valence-corrected chi connectivity index (χ1v) is 6.62. The van der Waals surface area contributed by atoms with E-state index in [1.54, 1.807) is 33.8 Å². The second-order valence-electron chi connectivity index (χ2n) is 5.85. The van der Waals surface area contributed by atoms with E-state index in [9.17, 15) is 14.4 Å². The lowest BCUT2D eigenvalue weighted by Gasteiger charge is -2.17. The Hall–Kier alpha value is -2.31. The molecule has 0 aliphatic heterocycles. The number of nitrogens with one attached hydrogen (secondary N) is 3. The third kappa shape index (κ3) is 4.94. The minimum atomic E-state index is -1.14. The van der Waals surface area contributed by atoms with Crippen LogP contribution in [0.25, 0.3) is 0 Å². The van der Waals surface area contributed by atoms with Crippen LogP contribution in [0.5, 0.6) is 0 Å². The summed E-state index contributed by atoms with van der Waals surface area (Å²) in [6.45, 7) is 7.25. The molecule has 0 atom stereocenters. The average Bonchev–Trinajstić information content (AvgIpc) is 2.68. The molecule has 7 heteroatoms. The summed E-state index contributed by atoms with van der Waals surface area (Å²) in [7, 11) is 0. The molecule has 0 aliphatic rings. The third-order valence-electron chi connectivity index (χ3n) is 2.76. The molecule has 0 saturated carbocycles.